The molecule has 178 valence electrons. The average Bonchev–Trinajstić information content (AvgIpc) is 3.45. The fourth-order valence-electron chi connectivity index (χ4n) is 4.30. The summed E-state index contributed by atoms with van der Waals surface area (Å²) in [5.74, 6) is -1.17. The highest BCUT2D eigenvalue weighted by Gasteiger charge is 2.48. The Hall–Kier alpha value is -3.95. The highest BCUT2D eigenvalue weighted by Crippen LogP contribution is 2.47. The molecule has 35 heavy (non-hydrogen) atoms. The van der Waals surface area contributed by atoms with Gasteiger partial charge in [-0.05, 0) is 47.5 Å². The number of aromatic nitrogens is 2. The van der Waals surface area contributed by atoms with Gasteiger partial charge in [-0.2, -0.15) is 8.75 Å². The topological polar surface area (TPSA) is 100 Å². The smallest absolute Gasteiger partial charge is 0.342 e. The van der Waals surface area contributed by atoms with Crippen LogP contribution in [-0.4, -0.2) is 41.2 Å². The number of carbonyl (C=O) groups is 1. The highest BCUT2D eigenvalue weighted by molar-refractivity contribution is 7.00. The Morgan fingerprint density at radius 2 is 1.63 bits per heavy atom. The number of rotatable bonds is 7. The van der Waals surface area contributed by atoms with E-state index in [9.17, 15) is 9.90 Å². The molecule has 1 aromatic heterocycles. The number of fused-ring (bicyclic) bond motifs is 1. The lowest BCUT2D eigenvalue weighted by atomic mass is 9.87. The van der Waals surface area contributed by atoms with Crippen LogP contribution in [-0.2, 0) is 21.7 Å². The minimum absolute atomic E-state index is 0.198. The number of nitrogens with zero attached hydrogens (tertiary/aromatic N) is 2. The van der Waals surface area contributed by atoms with Crippen molar-refractivity contribution >= 4 is 34.3 Å². The summed E-state index contributed by atoms with van der Waals surface area (Å²) in [6.45, 7) is 0. The SMILES string of the molecule is COc1ccccc1CC1=C(c2ccc3nsnc3c2)C(=O)OC1(O)c1ccc(OC)c(OC)c1. The number of hydrogen-bond acceptors (Lipinski definition) is 9. The van der Waals surface area contributed by atoms with E-state index in [0.29, 0.717) is 39.5 Å². The fraction of sp³-hybridized carbons (Fsp3) is 0.192. The summed E-state index contributed by atoms with van der Waals surface area (Å²) in [6.07, 6.45) is 0.198. The summed E-state index contributed by atoms with van der Waals surface area (Å²) in [6, 6.07) is 17.7. The number of ether oxygens (including phenoxy) is 4. The van der Waals surface area contributed by atoms with Crippen LogP contribution in [0, 0.1) is 0 Å². The summed E-state index contributed by atoms with van der Waals surface area (Å²) in [5, 5.41) is 11.9. The molecule has 0 bridgehead atoms. The molecule has 0 saturated heterocycles. The van der Waals surface area contributed by atoms with E-state index in [4.69, 9.17) is 18.9 Å². The summed E-state index contributed by atoms with van der Waals surface area (Å²) >= 11 is 1.09. The molecule has 9 heteroatoms. The zero-order chi connectivity index (χ0) is 24.6. The van der Waals surface area contributed by atoms with Gasteiger partial charge in [-0.1, -0.05) is 24.3 Å². The number of para-hydroxylation sites is 1. The van der Waals surface area contributed by atoms with Gasteiger partial charge in [0.15, 0.2) is 11.5 Å². The summed E-state index contributed by atoms with van der Waals surface area (Å²) < 4.78 is 30.5. The van der Waals surface area contributed by atoms with Crippen molar-refractivity contribution in [3.8, 4) is 17.2 Å². The van der Waals surface area contributed by atoms with Crippen molar-refractivity contribution < 1.29 is 28.8 Å². The van der Waals surface area contributed by atoms with Gasteiger partial charge in [-0.15, -0.1) is 0 Å². The quantitative estimate of drug-likeness (QED) is 0.386. The Morgan fingerprint density at radius 1 is 0.886 bits per heavy atom. The third-order valence-electron chi connectivity index (χ3n) is 6.03. The lowest BCUT2D eigenvalue weighted by molar-refractivity contribution is -0.185. The first-order valence-corrected chi connectivity index (χ1v) is 11.5. The van der Waals surface area contributed by atoms with Gasteiger partial charge in [0.2, 0.25) is 0 Å². The van der Waals surface area contributed by atoms with Crippen LogP contribution in [0.15, 0.2) is 66.2 Å². The van der Waals surface area contributed by atoms with E-state index in [1.165, 1.54) is 14.2 Å². The molecule has 1 atom stereocenters. The maximum absolute atomic E-state index is 13.3. The van der Waals surface area contributed by atoms with Crippen molar-refractivity contribution in [1.82, 2.24) is 8.75 Å². The van der Waals surface area contributed by atoms with Crippen LogP contribution in [0.3, 0.4) is 0 Å². The van der Waals surface area contributed by atoms with Crippen LogP contribution in [0.25, 0.3) is 16.6 Å². The molecule has 2 heterocycles. The predicted molar refractivity (Wildman–Crippen MR) is 131 cm³/mol. The van der Waals surface area contributed by atoms with Crippen molar-refractivity contribution in [3.05, 3.63) is 82.9 Å². The Balaban J connectivity index is 1.73. The highest BCUT2D eigenvalue weighted by atomic mass is 32.1. The molecule has 0 amide bonds. The van der Waals surface area contributed by atoms with E-state index in [2.05, 4.69) is 8.75 Å². The zero-order valence-electron chi connectivity index (χ0n) is 19.3. The van der Waals surface area contributed by atoms with Gasteiger partial charge in [0.25, 0.3) is 5.79 Å². The first kappa shape index (κ1) is 22.8. The standard InChI is InChI=1S/C26H22N2O6S/c1-31-21-7-5-4-6-15(21)12-18-24(16-8-10-19-20(13-16)28-35-27-19)25(29)34-26(18,30)17-9-11-22(32-2)23(14-17)33-3/h4-11,13-14,30H,12H2,1-3H3. The second-order valence-electron chi connectivity index (χ2n) is 7.91. The van der Waals surface area contributed by atoms with Gasteiger partial charge in [-0.3, -0.25) is 0 Å². The molecule has 1 aliphatic heterocycles. The van der Waals surface area contributed by atoms with Crippen LogP contribution in [0.2, 0.25) is 0 Å². The summed E-state index contributed by atoms with van der Waals surface area (Å²) in [4.78, 5) is 13.3. The van der Waals surface area contributed by atoms with Gasteiger partial charge in [0.1, 0.15) is 16.8 Å². The number of cyclic esters (lactones) is 1. The lowest BCUT2D eigenvalue weighted by Gasteiger charge is -2.26. The van der Waals surface area contributed by atoms with Crippen molar-refractivity contribution in [2.45, 2.75) is 12.2 Å². The van der Waals surface area contributed by atoms with Crippen LogP contribution >= 0.6 is 11.7 Å². The minimum atomic E-state index is -2.04. The molecule has 0 fully saturated rings. The van der Waals surface area contributed by atoms with Crippen LogP contribution < -0.4 is 14.2 Å². The van der Waals surface area contributed by atoms with E-state index >= 15 is 0 Å². The Kier molecular flexibility index (Phi) is 5.88. The van der Waals surface area contributed by atoms with Crippen molar-refractivity contribution in [3.63, 3.8) is 0 Å². The van der Waals surface area contributed by atoms with E-state index in [0.717, 1.165) is 22.8 Å². The van der Waals surface area contributed by atoms with Gasteiger partial charge in [0.05, 0.1) is 38.6 Å². The molecule has 8 nitrogen and oxygen atoms in total. The average molecular weight is 491 g/mol. The van der Waals surface area contributed by atoms with E-state index in [1.807, 2.05) is 24.3 Å². The molecule has 0 spiro atoms. The van der Waals surface area contributed by atoms with Crippen LogP contribution in [0.4, 0.5) is 0 Å². The van der Waals surface area contributed by atoms with Crippen LogP contribution in [0.1, 0.15) is 16.7 Å². The molecule has 4 aromatic rings. The summed E-state index contributed by atoms with van der Waals surface area (Å²) in [7, 11) is 4.60. The molecule has 1 unspecified atom stereocenters. The molecule has 1 N–H and O–H groups in total. The zero-order valence-corrected chi connectivity index (χ0v) is 20.1. The summed E-state index contributed by atoms with van der Waals surface area (Å²) in [5.41, 5.74) is 3.73. The molecule has 0 radical (unpaired) electrons. The molecular weight excluding hydrogens is 468 g/mol. The number of hydrogen-bond donors (Lipinski definition) is 1. The monoisotopic (exact) mass is 490 g/mol. The van der Waals surface area contributed by atoms with Gasteiger partial charge < -0.3 is 24.1 Å². The van der Waals surface area contributed by atoms with E-state index in [1.54, 1.807) is 43.5 Å². The van der Waals surface area contributed by atoms with E-state index in [-0.39, 0.29) is 12.0 Å². The Morgan fingerprint density at radius 3 is 2.40 bits per heavy atom. The molecule has 0 saturated carbocycles. The third-order valence-corrected chi connectivity index (χ3v) is 6.59. The molecular formula is C26H22N2O6S. The number of esters is 1. The second-order valence-corrected chi connectivity index (χ2v) is 8.44. The Labute approximate surface area is 205 Å². The minimum Gasteiger partial charge on any atom is -0.496 e. The Bertz CT molecular complexity index is 1460. The van der Waals surface area contributed by atoms with Crippen LogP contribution in [0.5, 0.6) is 17.2 Å². The third kappa shape index (κ3) is 3.88. The van der Waals surface area contributed by atoms with Gasteiger partial charge in [0, 0.05) is 17.6 Å². The molecule has 3 aromatic carbocycles. The number of aliphatic hydroxyl groups is 1. The van der Waals surface area contributed by atoms with Gasteiger partial charge in [-0.25, -0.2) is 4.79 Å². The van der Waals surface area contributed by atoms with Crippen molar-refractivity contribution in [1.29, 1.82) is 0 Å². The lowest BCUT2D eigenvalue weighted by Crippen LogP contribution is -2.30. The molecule has 5 rings (SSSR count). The maximum Gasteiger partial charge on any atom is 0.342 e. The first-order chi connectivity index (χ1) is 17.0. The van der Waals surface area contributed by atoms with Gasteiger partial charge >= 0.3 is 5.97 Å². The van der Waals surface area contributed by atoms with E-state index < -0.39 is 11.8 Å². The molecule has 1 aliphatic rings. The predicted octanol–water partition coefficient (Wildman–Crippen LogP) is 4.12. The van der Waals surface area contributed by atoms with Crippen molar-refractivity contribution in [2.75, 3.05) is 21.3 Å². The first-order valence-electron chi connectivity index (χ1n) is 10.7. The van der Waals surface area contributed by atoms with Crippen molar-refractivity contribution in [2.24, 2.45) is 0 Å². The number of benzene rings is 3. The fourth-order valence-corrected chi connectivity index (χ4v) is 4.81. The second kappa shape index (κ2) is 9.01. The number of carbonyl (C=O) groups excluding carboxylic acids is 1. The number of methoxy groups -OCH3 is 3. The largest absolute Gasteiger partial charge is 0.496 e. The maximum atomic E-state index is 13.3. The normalized spacial score (nSPS) is 17.5. The molecule has 0 aliphatic carbocycles.